The third kappa shape index (κ3) is 6.92. The number of guanidine groups is 1. The first kappa shape index (κ1) is 24.1. The molecule has 0 aromatic carbocycles. The molecule has 1 fully saturated rings. The average molecular weight is 502 g/mol. The summed E-state index contributed by atoms with van der Waals surface area (Å²) < 4.78 is 0. The van der Waals surface area contributed by atoms with Crippen LogP contribution < -0.4 is 16.0 Å². The zero-order valence-electron chi connectivity index (χ0n) is 16.8. The standard InChI is InChI=1S/C19H30N6O2.HI/c1-4-21-18(22-13-16(26)24-15-8-7-11-20-12-15)23-14-19(9-5-6-10-19)17(27)25(2)3;/h7-8,11-12H,4-6,9-10,13-14H2,1-3H3,(H,24,26)(H2,21,22,23);1H. The fraction of sp³-hybridized carbons (Fsp3) is 0.579. The van der Waals surface area contributed by atoms with Crippen LogP contribution in [0.25, 0.3) is 0 Å². The van der Waals surface area contributed by atoms with Crippen LogP contribution in [-0.4, -0.2) is 61.4 Å². The van der Waals surface area contributed by atoms with Crippen molar-refractivity contribution in [3.63, 3.8) is 0 Å². The van der Waals surface area contributed by atoms with Crippen LogP contribution in [0.2, 0.25) is 0 Å². The Morgan fingerprint density at radius 3 is 2.54 bits per heavy atom. The van der Waals surface area contributed by atoms with E-state index in [1.165, 1.54) is 0 Å². The van der Waals surface area contributed by atoms with E-state index in [0.717, 1.165) is 25.7 Å². The van der Waals surface area contributed by atoms with Crippen LogP contribution in [0, 0.1) is 5.41 Å². The van der Waals surface area contributed by atoms with Gasteiger partial charge in [-0.05, 0) is 31.9 Å². The van der Waals surface area contributed by atoms with Crippen molar-refractivity contribution in [2.75, 3.05) is 39.0 Å². The number of rotatable bonds is 7. The van der Waals surface area contributed by atoms with Crippen LogP contribution in [0.5, 0.6) is 0 Å². The third-order valence-electron chi connectivity index (χ3n) is 4.69. The lowest BCUT2D eigenvalue weighted by Gasteiger charge is -2.31. The fourth-order valence-electron chi connectivity index (χ4n) is 3.38. The van der Waals surface area contributed by atoms with Crippen molar-refractivity contribution < 1.29 is 9.59 Å². The Labute approximate surface area is 184 Å². The summed E-state index contributed by atoms with van der Waals surface area (Å²) in [7, 11) is 3.59. The highest BCUT2D eigenvalue weighted by Crippen LogP contribution is 2.38. The van der Waals surface area contributed by atoms with Gasteiger partial charge in [-0.2, -0.15) is 0 Å². The number of amides is 2. The molecule has 0 spiro atoms. The van der Waals surface area contributed by atoms with E-state index in [-0.39, 0.29) is 42.3 Å². The lowest BCUT2D eigenvalue weighted by atomic mass is 9.84. The van der Waals surface area contributed by atoms with Gasteiger partial charge in [-0.15, -0.1) is 24.0 Å². The maximum atomic E-state index is 12.7. The van der Waals surface area contributed by atoms with Gasteiger partial charge < -0.3 is 20.9 Å². The number of pyridine rings is 1. The lowest BCUT2D eigenvalue weighted by molar-refractivity contribution is -0.138. The second-order valence-corrected chi connectivity index (χ2v) is 7.03. The largest absolute Gasteiger partial charge is 0.357 e. The second kappa shape index (κ2) is 11.8. The summed E-state index contributed by atoms with van der Waals surface area (Å²) in [6.07, 6.45) is 7.09. The molecule has 9 heteroatoms. The first-order valence-corrected chi connectivity index (χ1v) is 9.40. The van der Waals surface area contributed by atoms with Crippen molar-refractivity contribution in [1.29, 1.82) is 0 Å². The zero-order valence-corrected chi connectivity index (χ0v) is 19.2. The van der Waals surface area contributed by atoms with E-state index >= 15 is 0 Å². The number of carbonyl (C=O) groups is 2. The summed E-state index contributed by atoms with van der Waals surface area (Å²) in [5.74, 6) is 0.467. The van der Waals surface area contributed by atoms with Crippen molar-refractivity contribution in [3.05, 3.63) is 24.5 Å². The van der Waals surface area contributed by atoms with Crippen LogP contribution in [0.4, 0.5) is 5.69 Å². The molecule has 1 saturated carbocycles. The number of aliphatic imine (C=N–C) groups is 1. The molecule has 8 nitrogen and oxygen atoms in total. The van der Waals surface area contributed by atoms with Crippen molar-refractivity contribution >= 4 is 47.4 Å². The lowest BCUT2D eigenvalue weighted by Crippen LogP contribution is -2.49. The summed E-state index contributed by atoms with van der Waals surface area (Å²) in [5.41, 5.74) is 0.245. The van der Waals surface area contributed by atoms with Gasteiger partial charge in [0.15, 0.2) is 5.96 Å². The van der Waals surface area contributed by atoms with E-state index in [9.17, 15) is 9.59 Å². The van der Waals surface area contributed by atoms with Crippen molar-refractivity contribution in [3.8, 4) is 0 Å². The van der Waals surface area contributed by atoms with Gasteiger partial charge in [0.2, 0.25) is 11.8 Å². The minimum atomic E-state index is -0.391. The van der Waals surface area contributed by atoms with Crippen LogP contribution in [0.3, 0.4) is 0 Å². The summed E-state index contributed by atoms with van der Waals surface area (Å²) in [6.45, 7) is 3.13. The van der Waals surface area contributed by atoms with Gasteiger partial charge in [0.05, 0.1) is 17.3 Å². The maximum Gasteiger partial charge on any atom is 0.246 e. The predicted octanol–water partition coefficient (Wildman–Crippen LogP) is 1.84. The van der Waals surface area contributed by atoms with Gasteiger partial charge in [0, 0.05) is 33.4 Å². The molecule has 0 aliphatic heterocycles. The Hall–Kier alpha value is -1.91. The third-order valence-corrected chi connectivity index (χ3v) is 4.69. The van der Waals surface area contributed by atoms with Crippen LogP contribution >= 0.6 is 24.0 Å². The van der Waals surface area contributed by atoms with E-state index in [2.05, 4.69) is 25.9 Å². The number of carbonyl (C=O) groups excluding carboxylic acids is 2. The van der Waals surface area contributed by atoms with Crippen LogP contribution in [0.1, 0.15) is 32.6 Å². The molecule has 1 heterocycles. The van der Waals surface area contributed by atoms with Crippen LogP contribution in [-0.2, 0) is 9.59 Å². The van der Waals surface area contributed by atoms with Gasteiger partial charge in [0.25, 0.3) is 0 Å². The number of aromatic nitrogens is 1. The molecule has 1 aromatic heterocycles. The molecule has 1 aliphatic rings. The molecule has 0 bridgehead atoms. The number of nitrogens with zero attached hydrogens (tertiary/aromatic N) is 3. The summed E-state index contributed by atoms with van der Waals surface area (Å²) in [5, 5.41) is 9.14. The smallest absolute Gasteiger partial charge is 0.246 e. The molecule has 0 saturated heterocycles. The number of hydrogen-bond acceptors (Lipinski definition) is 4. The number of hydrogen-bond donors (Lipinski definition) is 3. The fourth-order valence-corrected chi connectivity index (χ4v) is 3.38. The maximum absolute atomic E-state index is 12.7. The van der Waals surface area contributed by atoms with Crippen molar-refractivity contribution in [1.82, 2.24) is 20.5 Å². The van der Waals surface area contributed by atoms with E-state index in [1.54, 1.807) is 43.5 Å². The Morgan fingerprint density at radius 1 is 1.25 bits per heavy atom. The van der Waals surface area contributed by atoms with Crippen molar-refractivity contribution in [2.45, 2.75) is 32.6 Å². The zero-order chi connectivity index (χ0) is 19.7. The van der Waals surface area contributed by atoms with Gasteiger partial charge in [0.1, 0.15) is 6.54 Å². The molecular weight excluding hydrogens is 471 g/mol. The van der Waals surface area contributed by atoms with Gasteiger partial charge in [-0.3, -0.25) is 14.6 Å². The highest BCUT2D eigenvalue weighted by Gasteiger charge is 2.42. The molecule has 2 amide bonds. The number of nitrogens with one attached hydrogen (secondary N) is 3. The number of anilines is 1. The highest BCUT2D eigenvalue weighted by molar-refractivity contribution is 14.0. The molecule has 1 aliphatic carbocycles. The van der Waals surface area contributed by atoms with Gasteiger partial charge in [-0.25, -0.2) is 4.99 Å². The van der Waals surface area contributed by atoms with Crippen LogP contribution in [0.15, 0.2) is 29.5 Å². The van der Waals surface area contributed by atoms with Gasteiger partial charge in [-0.1, -0.05) is 12.8 Å². The van der Waals surface area contributed by atoms with E-state index in [4.69, 9.17) is 0 Å². The molecule has 0 radical (unpaired) electrons. The molecule has 0 unspecified atom stereocenters. The SMILES string of the molecule is CCNC(=NCC(=O)Nc1cccnc1)NCC1(C(=O)N(C)C)CCCC1.I. The average Bonchev–Trinajstić information content (AvgIpc) is 3.14. The summed E-state index contributed by atoms with van der Waals surface area (Å²) >= 11 is 0. The summed E-state index contributed by atoms with van der Waals surface area (Å²) in [4.78, 5) is 34.7. The first-order chi connectivity index (χ1) is 13.0. The minimum absolute atomic E-state index is 0. The Kier molecular flexibility index (Phi) is 10.2. The molecule has 28 heavy (non-hydrogen) atoms. The van der Waals surface area contributed by atoms with E-state index < -0.39 is 5.41 Å². The molecular formula is C19H31IN6O2. The van der Waals surface area contributed by atoms with Crippen molar-refractivity contribution in [2.24, 2.45) is 10.4 Å². The Bertz CT molecular complexity index is 660. The van der Waals surface area contributed by atoms with E-state index in [0.29, 0.717) is 24.7 Å². The highest BCUT2D eigenvalue weighted by atomic mass is 127. The molecule has 156 valence electrons. The normalized spacial score (nSPS) is 15.3. The Balaban J connectivity index is 0.00000392. The van der Waals surface area contributed by atoms with Gasteiger partial charge >= 0.3 is 0 Å². The number of halogens is 1. The first-order valence-electron chi connectivity index (χ1n) is 9.40. The molecule has 2 rings (SSSR count). The topological polar surface area (TPSA) is 98.7 Å². The minimum Gasteiger partial charge on any atom is -0.357 e. The second-order valence-electron chi connectivity index (χ2n) is 7.03. The quantitative estimate of drug-likeness (QED) is 0.300. The van der Waals surface area contributed by atoms with E-state index in [1.807, 2.05) is 6.92 Å². The summed E-state index contributed by atoms with van der Waals surface area (Å²) in [6, 6.07) is 3.53. The molecule has 1 aromatic rings. The monoisotopic (exact) mass is 502 g/mol. The predicted molar refractivity (Wildman–Crippen MR) is 122 cm³/mol. The molecule has 3 N–H and O–H groups in total. The Morgan fingerprint density at radius 2 is 1.96 bits per heavy atom. The molecule has 0 atom stereocenters.